The van der Waals surface area contributed by atoms with Crippen LogP contribution in [0.5, 0.6) is 0 Å². The van der Waals surface area contributed by atoms with E-state index in [-0.39, 0.29) is 0 Å². The lowest BCUT2D eigenvalue weighted by molar-refractivity contribution is 0.734. The van der Waals surface area contributed by atoms with Crippen molar-refractivity contribution < 1.29 is 0 Å². The van der Waals surface area contributed by atoms with Crippen molar-refractivity contribution in [3.05, 3.63) is 53.2 Å². The van der Waals surface area contributed by atoms with Gasteiger partial charge in [-0.05, 0) is 42.2 Å². The standard InChI is InChI=1S/C15H16ClN/c1-3-11(2)12-7-8-14(16)13(10-12)15-6-4-5-9-17-15/h4-11H,3H2,1-2H3. The molecule has 88 valence electrons. The van der Waals surface area contributed by atoms with Crippen molar-refractivity contribution in [1.29, 1.82) is 0 Å². The lowest BCUT2D eigenvalue weighted by Gasteiger charge is -2.12. The van der Waals surface area contributed by atoms with Crippen LogP contribution in [-0.2, 0) is 0 Å². The van der Waals surface area contributed by atoms with Gasteiger partial charge >= 0.3 is 0 Å². The minimum Gasteiger partial charge on any atom is -0.256 e. The smallest absolute Gasteiger partial charge is 0.0717 e. The van der Waals surface area contributed by atoms with Crippen molar-refractivity contribution in [3.8, 4) is 11.3 Å². The Morgan fingerprint density at radius 3 is 2.71 bits per heavy atom. The van der Waals surface area contributed by atoms with Gasteiger partial charge in [0.1, 0.15) is 0 Å². The van der Waals surface area contributed by atoms with E-state index in [1.54, 1.807) is 6.20 Å². The average Bonchev–Trinajstić information content (AvgIpc) is 2.39. The number of pyridine rings is 1. The third kappa shape index (κ3) is 2.67. The summed E-state index contributed by atoms with van der Waals surface area (Å²) >= 11 is 6.24. The lowest BCUT2D eigenvalue weighted by Crippen LogP contribution is -1.93. The van der Waals surface area contributed by atoms with Gasteiger partial charge in [-0.25, -0.2) is 0 Å². The van der Waals surface area contributed by atoms with E-state index < -0.39 is 0 Å². The Balaban J connectivity index is 2.47. The average molecular weight is 246 g/mol. The molecular formula is C15H16ClN. The highest BCUT2D eigenvalue weighted by Crippen LogP contribution is 2.30. The van der Waals surface area contributed by atoms with Crippen LogP contribution >= 0.6 is 11.6 Å². The molecule has 0 aliphatic rings. The van der Waals surface area contributed by atoms with Crippen LogP contribution in [0.1, 0.15) is 31.7 Å². The second-order valence-corrected chi connectivity index (χ2v) is 4.67. The first kappa shape index (κ1) is 12.1. The van der Waals surface area contributed by atoms with Crippen LogP contribution in [0.15, 0.2) is 42.6 Å². The first-order chi connectivity index (χ1) is 8.22. The summed E-state index contributed by atoms with van der Waals surface area (Å²) in [6.45, 7) is 4.42. The molecule has 0 aliphatic carbocycles. The van der Waals surface area contributed by atoms with Gasteiger partial charge in [0.25, 0.3) is 0 Å². The summed E-state index contributed by atoms with van der Waals surface area (Å²) in [7, 11) is 0. The van der Waals surface area contributed by atoms with Crippen LogP contribution in [0.2, 0.25) is 5.02 Å². The molecule has 1 nitrogen and oxygen atoms in total. The minimum atomic E-state index is 0.551. The molecule has 2 heteroatoms. The fourth-order valence-corrected chi connectivity index (χ4v) is 2.02. The number of hydrogen-bond donors (Lipinski definition) is 0. The molecule has 0 N–H and O–H groups in total. The quantitative estimate of drug-likeness (QED) is 0.748. The van der Waals surface area contributed by atoms with E-state index in [0.29, 0.717) is 5.92 Å². The van der Waals surface area contributed by atoms with Crippen LogP contribution in [-0.4, -0.2) is 4.98 Å². The zero-order valence-corrected chi connectivity index (χ0v) is 10.9. The molecule has 17 heavy (non-hydrogen) atoms. The van der Waals surface area contributed by atoms with E-state index >= 15 is 0 Å². The summed E-state index contributed by atoms with van der Waals surface area (Å²) in [5, 5.41) is 0.760. The Hall–Kier alpha value is -1.34. The van der Waals surface area contributed by atoms with Gasteiger partial charge in [-0.15, -0.1) is 0 Å². The van der Waals surface area contributed by atoms with Gasteiger partial charge in [0.05, 0.1) is 5.69 Å². The zero-order chi connectivity index (χ0) is 12.3. The zero-order valence-electron chi connectivity index (χ0n) is 10.2. The van der Waals surface area contributed by atoms with E-state index in [1.165, 1.54) is 5.56 Å². The maximum Gasteiger partial charge on any atom is 0.0717 e. The van der Waals surface area contributed by atoms with E-state index in [0.717, 1.165) is 22.7 Å². The number of nitrogens with zero attached hydrogens (tertiary/aromatic N) is 1. The van der Waals surface area contributed by atoms with Crippen molar-refractivity contribution >= 4 is 11.6 Å². The summed E-state index contributed by atoms with van der Waals surface area (Å²) in [5.41, 5.74) is 3.27. The molecule has 0 saturated carbocycles. The van der Waals surface area contributed by atoms with Crippen LogP contribution in [0.4, 0.5) is 0 Å². The molecule has 0 spiro atoms. The van der Waals surface area contributed by atoms with Crippen molar-refractivity contribution in [2.24, 2.45) is 0 Å². The van der Waals surface area contributed by atoms with Crippen molar-refractivity contribution in [1.82, 2.24) is 4.98 Å². The molecule has 1 heterocycles. The summed E-state index contributed by atoms with van der Waals surface area (Å²) in [5.74, 6) is 0.551. The Bertz CT molecular complexity index is 494. The van der Waals surface area contributed by atoms with Crippen molar-refractivity contribution in [3.63, 3.8) is 0 Å². The second-order valence-electron chi connectivity index (χ2n) is 4.26. The molecule has 0 bridgehead atoms. The first-order valence-electron chi connectivity index (χ1n) is 5.93. The van der Waals surface area contributed by atoms with Crippen LogP contribution in [0, 0.1) is 0 Å². The maximum atomic E-state index is 6.24. The van der Waals surface area contributed by atoms with Crippen LogP contribution < -0.4 is 0 Å². The number of halogens is 1. The topological polar surface area (TPSA) is 12.9 Å². The summed E-state index contributed by atoms with van der Waals surface area (Å²) in [6.07, 6.45) is 2.92. The largest absolute Gasteiger partial charge is 0.256 e. The molecule has 2 rings (SSSR count). The van der Waals surface area contributed by atoms with Gasteiger partial charge in [0.2, 0.25) is 0 Å². The van der Waals surface area contributed by atoms with Gasteiger partial charge < -0.3 is 0 Å². The van der Waals surface area contributed by atoms with E-state index in [4.69, 9.17) is 11.6 Å². The van der Waals surface area contributed by atoms with Gasteiger partial charge in [-0.3, -0.25) is 4.98 Å². The molecule has 1 atom stereocenters. The van der Waals surface area contributed by atoms with Gasteiger partial charge in [-0.2, -0.15) is 0 Å². The Labute approximate surface area is 107 Å². The Morgan fingerprint density at radius 1 is 1.24 bits per heavy atom. The Kier molecular flexibility index (Phi) is 3.80. The van der Waals surface area contributed by atoms with Crippen molar-refractivity contribution in [2.75, 3.05) is 0 Å². The molecule has 0 saturated heterocycles. The predicted molar refractivity (Wildman–Crippen MR) is 73.4 cm³/mol. The third-order valence-corrected chi connectivity index (χ3v) is 3.44. The predicted octanol–water partition coefficient (Wildman–Crippen LogP) is 4.92. The molecule has 1 aromatic heterocycles. The number of hydrogen-bond acceptors (Lipinski definition) is 1. The van der Waals surface area contributed by atoms with Gasteiger partial charge in [-0.1, -0.05) is 37.6 Å². The molecule has 2 aromatic rings. The van der Waals surface area contributed by atoms with E-state index in [1.807, 2.05) is 24.3 Å². The second kappa shape index (κ2) is 5.33. The first-order valence-corrected chi connectivity index (χ1v) is 6.31. The molecule has 0 radical (unpaired) electrons. The fourth-order valence-electron chi connectivity index (χ4n) is 1.80. The number of rotatable bonds is 3. The minimum absolute atomic E-state index is 0.551. The van der Waals surface area contributed by atoms with E-state index in [2.05, 4.69) is 31.0 Å². The summed E-state index contributed by atoms with van der Waals surface area (Å²) in [4.78, 5) is 4.35. The lowest BCUT2D eigenvalue weighted by atomic mass is 9.96. The number of benzene rings is 1. The maximum absolute atomic E-state index is 6.24. The van der Waals surface area contributed by atoms with Gasteiger partial charge in [0.15, 0.2) is 0 Å². The Morgan fingerprint density at radius 2 is 2.06 bits per heavy atom. The van der Waals surface area contributed by atoms with E-state index in [9.17, 15) is 0 Å². The number of aromatic nitrogens is 1. The van der Waals surface area contributed by atoms with Crippen LogP contribution in [0.25, 0.3) is 11.3 Å². The summed E-state index contributed by atoms with van der Waals surface area (Å²) < 4.78 is 0. The van der Waals surface area contributed by atoms with Crippen LogP contribution in [0.3, 0.4) is 0 Å². The SMILES string of the molecule is CCC(C)c1ccc(Cl)c(-c2ccccn2)c1. The normalized spacial score (nSPS) is 12.4. The summed E-state index contributed by atoms with van der Waals surface area (Å²) in [6, 6.07) is 12.1. The highest BCUT2D eigenvalue weighted by atomic mass is 35.5. The van der Waals surface area contributed by atoms with Gasteiger partial charge in [0, 0.05) is 16.8 Å². The molecule has 1 unspecified atom stereocenters. The fraction of sp³-hybridized carbons (Fsp3) is 0.267. The van der Waals surface area contributed by atoms with Crippen molar-refractivity contribution in [2.45, 2.75) is 26.2 Å². The molecule has 0 amide bonds. The highest BCUT2D eigenvalue weighted by molar-refractivity contribution is 6.33. The molecule has 0 aliphatic heterocycles. The highest BCUT2D eigenvalue weighted by Gasteiger charge is 2.09. The molecular weight excluding hydrogens is 230 g/mol. The monoisotopic (exact) mass is 245 g/mol. The molecule has 0 fully saturated rings. The molecule has 1 aromatic carbocycles. The third-order valence-electron chi connectivity index (χ3n) is 3.11.